The second kappa shape index (κ2) is 21.5. The van der Waals surface area contributed by atoms with Gasteiger partial charge in [0, 0.05) is 56.8 Å². The number of para-hydroxylation sites is 4. The third-order valence-corrected chi connectivity index (χ3v) is 13.2. The van der Waals surface area contributed by atoms with Crippen molar-refractivity contribution in [2.75, 3.05) is 15.1 Å². The van der Waals surface area contributed by atoms with Crippen molar-refractivity contribution in [1.82, 2.24) is 0 Å². The standard InChI is InChI=1S/C54H43N3.C10H12.C2H4/c1-6-16-47(17-7-1)55-48-32-26-41(27-33-48)44-38-45(42-28-34-53(35-29-42)56(49-18-8-2-9-19-49)50-20-10-3-11-21-50)40-46(39-44)43-30-36-54(37-31-43)57(51-22-12-4-13-23-51)52-24-14-5-15-25-52;1-3-10-7-5-4-6-9(10)8(10)2;1-2/h1-4,6-14,16-40,55H,5,15H2;4-7,9H,2-3H2,1H3;1-2H2. The van der Waals surface area contributed by atoms with Crippen LogP contribution in [-0.4, -0.2) is 0 Å². The van der Waals surface area contributed by atoms with Crippen LogP contribution in [0.25, 0.3) is 33.4 Å². The minimum atomic E-state index is 0.384. The Labute approximate surface area is 409 Å². The van der Waals surface area contributed by atoms with Gasteiger partial charge in [-0.15, -0.1) is 13.2 Å². The summed E-state index contributed by atoms with van der Waals surface area (Å²) in [5.41, 5.74) is 17.7. The van der Waals surface area contributed by atoms with E-state index in [0.29, 0.717) is 11.3 Å². The number of nitrogens with one attached hydrogen (secondary N) is 1. The van der Waals surface area contributed by atoms with Gasteiger partial charge in [-0.05, 0) is 162 Å². The lowest BCUT2D eigenvalue weighted by molar-refractivity contribution is 0.600. The minimum absolute atomic E-state index is 0.384. The van der Waals surface area contributed by atoms with Crippen LogP contribution in [0.2, 0.25) is 0 Å². The number of anilines is 7. The molecule has 1 saturated carbocycles. The number of allylic oxidation sites excluding steroid dienone is 8. The molecular formula is C66H59N3. The first-order valence-electron chi connectivity index (χ1n) is 24.0. The molecule has 1 N–H and O–H groups in total. The highest BCUT2D eigenvalue weighted by atomic mass is 15.1. The lowest BCUT2D eigenvalue weighted by atomic mass is 9.93. The van der Waals surface area contributed by atoms with Gasteiger partial charge >= 0.3 is 0 Å². The summed E-state index contributed by atoms with van der Waals surface area (Å²) >= 11 is 0. The SMILES string of the molecule is C1=CC(N(c2ccccc2)c2ccc(-c3cc(-c4ccc(Nc5ccccc5)cc4)cc(-c4ccc(N(c5ccccc5)c5ccccc5)cc4)c3)cc2)=CCC1.C=C.C=C1C2C=CC=CC12CC. The topological polar surface area (TPSA) is 18.5 Å². The van der Waals surface area contributed by atoms with E-state index in [1.807, 2.05) is 18.2 Å². The lowest BCUT2D eigenvalue weighted by Crippen LogP contribution is -2.16. The maximum atomic E-state index is 4.05. The molecule has 0 aliphatic heterocycles. The highest BCUT2D eigenvalue weighted by molar-refractivity contribution is 5.84. The molecule has 1 fully saturated rings. The largest absolute Gasteiger partial charge is 0.356 e. The van der Waals surface area contributed by atoms with E-state index in [2.05, 4.69) is 278 Å². The molecule has 0 aromatic heterocycles. The van der Waals surface area contributed by atoms with Gasteiger partial charge in [-0.2, -0.15) is 0 Å². The van der Waals surface area contributed by atoms with Crippen LogP contribution >= 0.6 is 0 Å². The summed E-state index contributed by atoms with van der Waals surface area (Å²) in [6.45, 7) is 12.3. The molecule has 3 heteroatoms. The molecule has 2 unspecified atom stereocenters. The van der Waals surface area contributed by atoms with E-state index in [1.54, 1.807) is 0 Å². The molecule has 338 valence electrons. The molecule has 2 atom stereocenters. The Morgan fingerprint density at radius 3 is 1.33 bits per heavy atom. The summed E-state index contributed by atoms with van der Waals surface area (Å²) in [7, 11) is 0. The van der Waals surface area contributed by atoms with Gasteiger partial charge in [0.25, 0.3) is 0 Å². The van der Waals surface area contributed by atoms with E-state index in [4.69, 9.17) is 0 Å². The Morgan fingerprint density at radius 2 is 0.899 bits per heavy atom. The van der Waals surface area contributed by atoms with Crippen molar-refractivity contribution in [3.63, 3.8) is 0 Å². The van der Waals surface area contributed by atoms with Crippen LogP contribution in [0.4, 0.5) is 39.8 Å². The van der Waals surface area contributed by atoms with Crippen molar-refractivity contribution < 1.29 is 0 Å². The molecule has 3 aliphatic carbocycles. The molecule has 0 bridgehead atoms. The molecule has 8 aromatic rings. The normalized spacial score (nSPS) is 16.1. The summed E-state index contributed by atoms with van der Waals surface area (Å²) in [5.74, 6) is 0.669. The lowest BCUT2D eigenvalue weighted by Gasteiger charge is -2.27. The monoisotopic (exact) mass is 893 g/mol. The molecule has 0 saturated heterocycles. The molecule has 3 aliphatic rings. The third kappa shape index (κ3) is 10.3. The number of hydrogen-bond acceptors (Lipinski definition) is 3. The number of nitrogens with zero attached hydrogens (tertiary/aromatic N) is 2. The van der Waals surface area contributed by atoms with Crippen molar-refractivity contribution in [2.24, 2.45) is 11.3 Å². The third-order valence-electron chi connectivity index (χ3n) is 13.2. The summed E-state index contributed by atoms with van der Waals surface area (Å²) < 4.78 is 0. The first-order chi connectivity index (χ1) is 34.1. The van der Waals surface area contributed by atoms with Crippen molar-refractivity contribution in [3.8, 4) is 33.4 Å². The predicted octanol–water partition coefficient (Wildman–Crippen LogP) is 18.8. The number of rotatable bonds is 12. The molecule has 0 radical (unpaired) electrons. The highest BCUT2D eigenvalue weighted by Gasteiger charge is 2.54. The van der Waals surface area contributed by atoms with Crippen LogP contribution in [0, 0.1) is 11.3 Å². The Kier molecular flexibility index (Phi) is 14.2. The van der Waals surface area contributed by atoms with Gasteiger partial charge in [-0.3, -0.25) is 0 Å². The number of fused-ring (bicyclic) bond motifs is 1. The molecular weight excluding hydrogens is 835 g/mol. The zero-order valence-electron chi connectivity index (χ0n) is 39.5. The van der Waals surface area contributed by atoms with Gasteiger partial charge in [-0.25, -0.2) is 0 Å². The van der Waals surface area contributed by atoms with Gasteiger partial charge < -0.3 is 15.1 Å². The van der Waals surface area contributed by atoms with E-state index in [9.17, 15) is 0 Å². The summed E-state index contributed by atoms with van der Waals surface area (Å²) in [6.07, 6.45) is 19.0. The molecule has 8 aromatic carbocycles. The van der Waals surface area contributed by atoms with Crippen LogP contribution in [0.15, 0.2) is 286 Å². The van der Waals surface area contributed by atoms with Crippen LogP contribution in [-0.2, 0) is 0 Å². The molecule has 11 rings (SSSR count). The van der Waals surface area contributed by atoms with Gasteiger partial charge in [0.05, 0.1) is 0 Å². The van der Waals surface area contributed by atoms with Gasteiger partial charge in [0.2, 0.25) is 0 Å². The predicted molar refractivity (Wildman–Crippen MR) is 297 cm³/mol. The quantitative estimate of drug-likeness (QED) is 0.123. The van der Waals surface area contributed by atoms with Crippen molar-refractivity contribution in [3.05, 3.63) is 286 Å². The van der Waals surface area contributed by atoms with Crippen LogP contribution < -0.4 is 15.1 Å². The molecule has 69 heavy (non-hydrogen) atoms. The Bertz CT molecular complexity index is 3040. The average Bonchev–Trinajstić information content (AvgIpc) is 4.04. The molecule has 0 heterocycles. The maximum Gasteiger partial charge on any atom is 0.0462 e. The molecule has 3 nitrogen and oxygen atoms in total. The number of benzene rings is 8. The number of hydrogen-bond donors (Lipinski definition) is 1. The van der Waals surface area contributed by atoms with E-state index < -0.39 is 0 Å². The first-order valence-corrected chi connectivity index (χ1v) is 24.0. The Hall–Kier alpha value is -8.40. The van der Waals surface area contributed by atoms with Crippen molar-refractivity contribution >= 4 is 39.8 Å². The van der Waals surface area contributed by atoms with Gasteiger partial charge in [-0.1, -0.05) is 165 Å². The average molecular weight is 894 g/mol. The second-order valence-corrected chi connectivity index (χ2v) is 17.4. The fourth-order valence-corrected chi connectivity index (χ4v) is 9.51. The van der Waals surface area contributed by atoms with E-state index in [-0.39, 0.29) is 0 Å². The van der Waals surface area contributed by atoms with Crippen LogP contribution in [0.5, 0.6) is 0 Å². The van der Waals surface area contributed by atoms with Crippen LogP contribution in [0.3, 0.4) is 0 Å². The van der Waals surface area contributed by atoms with Crippen molar-refractivity contribution in [2.45, 2.75) is 26.2 Å². The summed E-state index contributed by atoms with van der Waals surface area (Å²) in [5, 5.41) is 3.53. The second-order valence-electron chi connectivity index (χ2n) is 17.4. The van der Waals surface area contributed by atoms with E-state index >= 15 is 0 Å². The fourth-order valence-electron chi connectivity index (χ4n) is 9.51. The smallest absolute Gasteiger partial charge is 0.0462 e. The zero-order chi connectivity index (χ0) is 47.4. The Balaban J connectivity index is 0.000000433. The van der Waals surface area contributed by atoms with Crippen molar-refractivity contribution in [1.29, 1.82) is 0 Å². The first kappa shape index (κ1) is 45.7. The maximum absolute atomic E-state index is 4.05. The fraction of sp³-hybridized carbons (Fsp3) is 0.0909. The molecule has 0 spiro atoms. The Morgan fingerprint density at radius 1 is 0.478 bits per heavy atom. The molecule has 0 amide bonds. The summed E-state index contributed by atoms with van der Waals surface area (Å²) in [6, 6.07) is 75.7. The highest BCUT2D eigenvalue weighted by Crippen LogP contribution is 2.62. The summed E-state index contributed by atoms with van der Waals surface area (Å²) in [4.78, 5) is 4.65. The van der Waals surface area contributed by atoms with E-state index in [1.165, 1.54) is 39.9 Å². The minimum Gasteiger partial charge on any atom is -0.356 e. The van der Waals surface area contributed by atoms with Crippen LogP contribution in [0.1, 0.15) is 26.2 Å². The van der Waals surface area contributed by atoms with E-state index in [0.717, 1.165) is 63.8 Å². The van der Waals surface area contributed by atoms with Gasteiger partial charge in [0.1, 0.15) is 0 Å². The zero-order valence-corrected chi connectivity index (χ0v) is 39.5. The van der Waals surface area contributed by atoms with Gasteiger partial charge in [0.15, 0.2) is 0 Å².